The van der Waals surface area contributed by atoms with Crippen LogP contribution in [0.3, 0.4) is 0 Å². The summed E-state index contributed by atoms with van der Waals surface area (Å²) in [6.45, 7) is 0. The summed E-state index contributed by atoms with van der Waals surface area (Å²) in [7, 11) is 0. The summed E-state index contributed by atoms with van der Waals surface area (Å²) in [6.07, 6.45) is 4.81. The van der Waals surface area contributed by atoms with Crippen molar-refractivity contribution in [2.24, 2.45) is 11.8 Å². The molecule has 3 aromatic carbocycles. The Bertz CT molecular complexity index is 1800. The summed E-state index contributed by atoms with van der Waals surface area (Å²) in [6, 6.07) is 15.6. The topological polar surface area (TPSA) is 81.4 Å². The van der Waals surface area contributed by atoms with E-state index in [1.54, 1.807) is 0 Å². The van der Waals surface area contributed by atoms with E-state index in [0.29, 0.717) is 34.7 Å². The average molecular weight is 489 g/mol. The molecule has 5 aromatic rings. The molecule has 182 valence electrons. The standard InChI is InChI=1S/C30H25FN6/c31-20-8-15(9-24-28(20)37-30(35-24)26-13-18-11-23(18)33-26)2-1-14-3-5-19-16(7-14)4-6-21-27(19)36-29(34-21)25-12-17-10-22(17)32-25/h3-9,17-18,22-23,25-26,32-33H,10-13H2,(H,34,36)(H,35,37)/t17-,18-,22-,23-,25+,26+/m1/s1. The predicted octanol–water partition coefficient (Wildman–Crippen LogP) is 4.98. The molecule has 2 saturated carbocycles. The molecule has 2 aliphatic carbocycles. The summed E-state index contributed by atoms with van der Waals surface area (Å²) >= 11 is 0. The van der Waals surface area contributed by atoms with Gasteiger partial charge in [0.05, 0.1) is 28.6 Å². The van der Waals surface area contributed by atoms with Gasteiger partial charge in [-0.25, -0.2) is 14.4 Å². The molecule has 6 nitrogen and oxygen atoms in total. The molecule has 6 atom stereocenters. The highest BCUT2D eigenvalue weighted by molar-refractivity contribution is 6.04. The van der Waals surface area contributed by atoms with Crippen LogP contribution < -0.4 is 10.6 Å². The third-order valence-electron chi connectivity index (χ3n) is 8.81. The van der Waals surface area contributed by atoms with Crippen LogP contribution in [0.25, 0.3) is 32.8 Å². The second-order valence-electron chi connectivity index (χ2n) is 11.4. The number of rotatable bonds is 2. The maximum atomic E-state index is 14.9. The fourth-order valence-corrected chi connectivity index (χ4v) is 6.60. The first-order valence-corrected chi connectivity index (χ1v) is 13.3. The molecular weight excluding hydrogens is 463 g/mol. The molecule has 0 bridgehead atoms. The van der Waals surface area contributed by atoms with E-state index in [2.05, 4.69) is 61.7 Å². The highest BCUT2D eigenvalue weighted by atomic mass is 19.1. The Morgan fingerprint density at radius 2 is 1.41 bits per heavy atom. The van der Waals surface area contributed by atoms with E-state index in [1.165, 1.54) is 25.3 Å². The fraction of sp³-hybridized carbons (Fsp3) is 0.333. The molecule has 0 spiro atoms. The van der Waals surface area contributed by atoms with Gasteiger partial charge >= 0.3 is 0 Å². The lowest BCUT2D eigenvalue weighted by atomic mass is 10.1. The third-order valence-corrected chi connectivity index (χ3v) is 8.81. The molecule has 9 rings (SSSR count). The summed E-state index contributed by atoms with van der Waals surface area (Å²) in [5.74, 6) is 9.50. The number of piperidine rings is 2. The van der Waals surface area contributed by atoms with Crippen LogP contribution in [0.1, 0.15) is 60.5 Å². The van der Waals surface area contributed by atoms with E-state index in [-0.39, 0.29) is 11.9 Å². The highest BCUT2D eigenvalue weighted by Gasteiger charge is 2.47. The molecule has 2 aliphatic heterocycles. The van der Waals surface area contributed by atoms with Crippen molar-refractivity contribution in [3.8, 4) is 11.8 Å². The molecule has 2 saturated heterocycles. The first-order chi connectivity index (χ1) is 18.1. The maximum Gasteiger partial charge on any atom is 0.152 e. The van der Waals surface area contributed by atoms with Crippen LogP contribution in [0, 0.1) is 29.5 Å². The summed E-state index contributed by atoms with van der Waals surface area (Å²) < 4.78 is 14.9. The monoisotopic (exact) mass is 488 g/mol. The largest absolute Gasteiger partial charge is 0.341 e. The highest BCUT2D eigenvalue weighted by Crippen LogP contribution is 2.46. The zero-order valence-electron chi connectivity index (χ0n) is 20.1. The predicted molar refractivity (Wildman–Crippen MR) is 140 cm³/mol. The van der Waals surface area contributed by atoms with Gasteiger partial charge < -0.3 is 20.6 Å². The van der Waals surface area contributed by atoms with Gasteiger partial charge in [-0.05, 0) is 73.2 Å². The van der Waals surface area contributed by atoms with E-state index in [9.17, 15) is 4.39 Å². The van der Waals surface area contributed by atoms with Gasteiger partial charge in [0.25, 0.3) is 0 Å². The second-order valence-corrected chi connectivity index (χ2v) is 11.4. The van der Waals surface area contributed by atoms with E-state index >= 15 is 0 Å². The Labute approximate surface area is 212 Å². The van der Waals surface area contributed by atoms with Gasteiger partial charge in [-0.1, -0.05) is 24.0 Å². The number of hydrogen-bond acceptors (Lipinski definition) is 4. The minimum Gasteiger partial charge on any atom is -0.341 e. The van der Waals surface area contributed by atoms with Crippen molar-refractivity contribution in [1.29, 1.82) is 0 Å². The molecular formula is C30H25FN6. The van der Waals surface area contributed by atoms with Crippen molar-refractivity contribution in [3.05, 3.63) is 71.1 Å². The fourth-order valence-electron chi connectivity index (χ4n) is 6.60. The lowest BCUT2D eigenvalue weighted by Crippen LogP contribution is -2.18. The van der Waals surface area contributed by atoms with Crippen molar-refractivity contribution < 1.29 is 4.39 Å². The average Bonchev–Trinajstić information content (AvgIpc) is 3.50. The molecule has 0 amide bonds. The zero-order valence-corrected chi connectivity index (χ0v) is 20.1. The molecule has 4 fully saturated rings. The van der Waals surface area contributed by atoms with Crippen LogP contribution in [-0.2, 0) is 0 Å². The Balaban J connectivity index is 1.02. The molecule has 0 unspecified atom stereocenters. The van der Waals surface area contributed by atoms with Crippen LogP contribution in [-0.4, -0.2) is 32.0 Å². The van der Waals surface area contributed by atoms with E-state index in [1.807, 2.05) is 12.1 Å². The molecule has 4 aliphatic rings. The quantitative estimate of drug-likeness (QED) is 0.264. The van der Waals surface area contributed by atoms with E-state index in [0.717, 1.165) is 57.3 Å². The van der Waals surface area contributed by atoms with Gasteiger partial charge in [-0.15, -0.1) is 0 Å². The van der Waals surface area contributed by atoms with Gasteiger partial charge in [0.1, 0.15) is 17.2 Å². The molecule has 2 aromatic heterocycles. The summed E-state index contributed by atoms with van der Waals surface area (Å²) in [5, 5.41) is 9.47. The number of H-pyrrole nitrogens is 2. The van der Waals surface area contributed by atoms with Gasteiger partial charge in [-0.2, -0.15) is 0 Å². The Morgan fingerprint density at radius 1 is 0.703 bits per heavy atom. The normalized spacial score (nSPS) is 29.4. The number of nitrogens with one attached hydrogen (secondary N) is 4. The van der Waals surface area contributed by atoms with Crippen LogP contribution in [0.4, 0.5) is 4.39 Å². The van der Waals surface area contributed by atoms with Gasteiger partial charge in [0.15, 0.2) is 5.82 Å². The number of aromatic amines is 2. The summed E-state index contributed by atoms with van der Waals surface area (Å²) in [5.41, 5.74) is 4.69. The van der Waals surface area contributed by atoms with Crippen molar-refractivity contribution in [3.63, 3.8) is 0 Å². The Morgan fingerprint density at radius 3 is 2.14 bits per heavy atom. The van der Waals surface area contributed by atoms with Crippen molar-refractivity contribution >= 4 is 32.8 Å². The number of aromatic nitrogens is 4. The van der Waals surface area contributed by atoms with Crippen molar-refractivity contribution in [2.75, 3.05) is 0 Å². The van der Waals surface area contributed by atoms with Crippen LogP contribution >= 0.6 is 0 Å². The zero-order chi connectivity index (χ0) is 24.2. The number of nitrogens with zero attached hydrogens (tertiary/aromatic N) is 2. The molecule has 7 heteroatoms. The maximum absolute atomic E-state index is 14.9. The van der Waals surface area contributed by atoms with E-state index in [4.69, 9.17) is 4.98 Å². The van der Waals surface area contributed by atoms with Gasteiger partial charge in [-0.3, -0.25) is 0 Å². The minimum absolute atomic E-state index is 0.194. The number of imidazole rings is 2. The number of benzene rings is 3. The lowest BCUT2D eigenvalue weighted by molar-refractivity contribution is 0.543. The first kappa shape index (κ1) is 20.3. The third kappa shape index (κ3) is 3.26. The van der Waals surface area contributed by atoms with Gasteiger partial charge in [0.2, 0.25) is 0 Å². The van der Waals surface area contributed by atoms with Crippen LogP contribution in [0.2, 0.25) is 0 Å². The second kappa shape index (κ2) is 7.18. The number of halogens is 1. The summed E-state index contributed by atoms with van der Waals surface area (Å²) in [4.78, 5) is 16.4. The number of hydrogen-bond donors (Lipinski definition) is 4. The molecule has 37 heavy (non-hydrogen) atoms. The molecule has 4 N–H and O–H groups in total. The first-order valence-electron chi connectivity index (χ1n) is 13.3. The SMILES string of the molecule is Fc1cc(C#Cc2ccc3c(ccc4[nH]c([C@@H]5C[C@H]6C[C@H]6N5)nc43)c2)cc2[nH]c([C@@H]3C[C@H]4C[C@H]4N3)nc12. The smallest absolute Gasteiger partial charge is 0.152 e. The van der Waals surface area contributed by atoms with Crippen molar-refractivity contribution in [2.45, 2.75) is 49.9 Å². The van der Waals surface area contributed by atoms with Crippen LogP contribution in [0.5, 0.6) is 0 Å². The Hall–Kier alpha value is -3.73. The molecule has 4 heterocycles. The van der Waals surface area contributed by atoms with Crippen molar-refractivity contribution in [1.82, 2.24) is 30.6 Å². The van der Waals surface area contributed by atoms with Gasteiger partial charge in [0, 0.05) is 28.6 Å². The lowest BCUT2D eigenvalue weighted by Gasteiger charge is -2.08. The number of fused-ring (bicyclic) bond motifs is 6. The van der Waals surface area contributed by atoms with E-state index < -0.39 is 0 Å². The Kier molecular flexibility index (Phi) is 3.95. The van der Waals surface area contributed by atoms with Crippen LogP contribution in [0.15, 0.2) is 42.5 Å². The minimum atomic E-state index is -0.336. The molecule has 0 radical (unpaired) electrons.